The van der Waals surface area contributed by atoms with Gasteiger partial charge in [-0.1, -0.05) is 0 Å². The van der Waals surface area contributed by atoms with Crippen LogP contribution >= 0.6 is 22.7 Å². The van der Waals surface area contributed by atoms with Crippen LogP contribution in [0.25, 0.3) is 20.7 Å². The molecule has 0 saturated heterocycles. The van der Waals surface area contributed by atoms with Gasteiger partial charge in [0.2, 0.25) is 5.91 Å². The van der Waals surface area contributed by atoms with Crippen molar-refractivity contribution >= 4 is 38.8 Å². The predicted octanol–water partition coefficient (Wildman–Crippen LogP) is 3.41. The van der Waals surface area contributed by atoms with E-state index in [1.54, 1.807) is 11.3 Å². The highest BCUT2D eigenvalue weighted by molar-refractivity contribution is 7.19. The van der Waals surface area contributed by atoms with E-state index in [1.165, 1.54) is 39.9 Å². The highest BCUT2D eigenvalue weighted by atomic mass is 32.1. The zero-order chi connectivity index (χ0) is 17.6. The quantitative estimate of drug-likeness (QED) is 0.745. The average molecular weight is 374 g/mol. The van der Waals surface area contributed by atoms with Crippen LogP contribution in [0.1, 0.15) is 24.6 Å². The minimum atomic E-state index is -0.151. The summed E-state index contributed by atoms with van der Waals surface area (Å²) in [4.78, 5) is 32.5. The monoisotopic (exact) mass is 373 g/mol. The highest BCUT2D eigenvalue weighted by Gasteiger charge is 2.29. The van der Waals surface area contributed by atoms with E-state index in [2.05, 4.69) is 10.3 Å². The van der Waals surface area contributed by atoms with Crippen molar-refractivity contribution in [3.63, 3.8) is 0 Å². The molecule has 1 atom stereocenters. The van der Waals surface area contributed by atoms with Crippen molar-refractivity contribution in [3.8, 4) is 10.4 Å². The Kier molecular flexibility index (Phi) is 4.21. The summed E-state index contributed by atoms with van der Waals surface area (Å²) in [6, 6.07) is 4.25. The summed E-state index contributed by atoms with van der Waals surface area (Å²) in [5.74, 6) is 0.457. The molecule has 0 aromatic carbocycles. The van der Waals surface area contributed by atoms with Crippen LogP contribution in [-0.4, -0.2) is 21.5 Å². The summed E-state index contributed by atoms with van der Waals surface area (Å²) < 4.78 is 1.41. The van der Waals surface area contributed by atoms with Crippen molar-refractivity contribution in [1.82, 2.24) is 14.9 Å². The maximum atomic E-state index is 12.9. The van der Waals surface area contributed by atoms with E-state index in [4.69, 9.17) is 0 Å². The van der Waals surface area contributed by atoms with Crippen LogP contribution in [0.4, 0.5) is 0 Å². The Labute approximate surface area is 153 Å². The molecule has 3 heterocycles. The van der Waals surface area contributed by atoms with E-state index in [9.17, 15) is 9.59 Å². The van der Waals surface area contributed by atoms with E-state index in [-0.39, 0.29) is 24.1 Å². The van der Waals surface area contributed by atoms with Gasteiger partial charge in [0.15, 0.2) is 0 Å². The van der Waals surface area contributed by atoms with Crippen LogP contribution in [0.3, 0.4) is 0 Å². The van der Waals surface area contributed by atoms with Crippen molar-refractivity contribution in [2.24, 2.45) is 5.92 Å². The summed E-state index contributed by atoms with van der Waals surface area (Å²) in [6.07, 6.45) is 3.83. The topological polar surface area (TPSA) is 64.0 Å². The third-order valence-electron chi connectivity index (χ3n) is 4.60. The van der Waals surface area contributed by atoms with Gasteiger partial charge in [-0.15, -0.1) is 22.7 Å². The summed E-state index contributed by atoms with van der Waals surface area (Å²) in [5, 5.41) is 5.57. The largest absolute Gasteiger partial charge is 0.352 e. The number of hydrogen-bond donors (Lipinski definition) is 1. The second-order valence-electron chi connectivity index (χ2n) is 6.61. The van der Waals surface area contributed by atoms with Crippen molar-refractivity contribution in [2.45, 2.75) is 39.3 Å². The Morgan fingerprint density at radius 3 is 2.92 bits per heavy atom. The first-order valence-corrected chi connectivity index (χ1v) is 10.1. The van der Waals surface area contributed by atoms with Crippen molar-refractivity contribution in [2.75, 3.05) is 0 Å². The van der Waals surface area contributed by atoms with Gasteiger partial charge in [-0.05, 0) is 44.7 Å². The summed E-state index contributed by atoms with van der Waals surface area (Å²) in [5.41, 5.74) is 0.762. The van der Waals surface area contributed by atoms with Gasteiger partial charge >= 0.3 is 0 Å². The molecular weight excluding hydrogens is 354 g/mol. The normalized spacial score (nSPS) is 15.4. The minimum Gasteiger partial charge on any atom is -0.352 e. The molecule has 1 aliphatic rings. The summed E-state index contributed by atoms with van der Waals surface area (Å²) in [6.45, 7) is 4.08. The van der Waals surface area contributed by atoms with Gasteiger partial charge in [0.05, 0.1) is 11.7 Å². The lowest BCUT2D eigenvalue weighted by atomic mass is 10.2. The molecule has 7 heteroatoms. The standard InChI is InChI=1S/C18H19N3O2S2/c1-10-3-6-14(25-10)13-8-24-17-16(13)18(23)21(9-19-17)7-15(22)20-11(2)12-4-5-12/h3,6,8-9,11-12H,4-5,7H2,1-2H3,(H,20,22)/t11-/m1/s1. The molecule has 130 valence electrons. The van der Waals surface area contributed by atoms with Crippen LogP contribution in [0.15, 0.2) is 28.6 Å². The summed E-state index contributed by atoms with van der Waals surface area (Å²) in [7, 11) is 0. The van der Waals surface area contributed by atoms with Crippen LogP contribution < -0.4 is 10.9 Å². The molecule has 1 fully saturated rings. The lowest BCUT2D eigenvalue weighted by Crippen LogP contribution is -2.38. The molecule has 1 N–H and O–H groups in total. The molecule has 4 rings (SSSR count). The Bertz CT molecular complexity index is 997. The van der Waals surface area contributed by atoms with Gasteiger partial charge in [0.1, 0.15) is 11.4 Å². The number of nitrogens with zero attached hydrogens (tertiary/aromatic N) is 2. The van der Waals surface area contributed by atoms with E-state index < -0.39 is 0 Å². The fourth-order valence-corrected chi connectivity index (χ4v) is 4.87. The van der Waals surface area contributed by atoms with E-state index in [1.807, 2.05) is 31.4 Å². The molecule has 25 heavy (non-hydrogen) atoms. The first kappa shape index (κ1) is 16.5. The first-order chi connectivity index (χ1) is 12.0. The SMILES string of the molecule is Cc1ccc(-c2csc3ncn(CC(=O)N[C@H](C)C4CC4)c(=O)c23)s1. The van der Waals surface area contributed by atoms with Crippen LogP contribution in [-0.2, 0) is 11.3 Å². The number of carbonyl (C=O) groups excluding carboxylic acids is 1. The molecule has 1 aliphatic carbocycles. The van der Waals surface area contributed by atoms with E-state index >= 15 is 0 Å². The zero-order valence-electron chi connectivity index (χ0n) is 14.1. The van der Waals surface area contributed by atoms with Crippen molar-refractivity contribution < 1.29 is 4.79 Å². The van der Waals surface area contributed by atoms with Gasteiger partial charge in [0, 0.05) is 26.7 Å². The Balaban J connectivity index is 1.65. The number of aromatic nitrogens is 2. The second-order valence-corrected chi connectivity index (χ2v) is 8.76. The predicted molar refractivity (Wildman–Crippen MR) is 102 cm³/mol. The van der Waals surface area contributed by atoms with Crippen molar-refractivity contribution in [1.29, 1.82) is 0 Å². The lowest BCUT2D eigenvalue weighted by Gasteiger charge is -2.13. The maximum absolute atomic E-state index is 12.9. The molecule has 1 saturated carbocycles. The lowest BCUT2D eigenvalue weighted by molar-refractivity contribution is -0.122. The van der Waals surface area contributed by atoms with Gasteiger partial charge in [-0.2, -0.15) is 0 Å². The van der Waals surface area contributed by atoms with E-state index in [0.29, 0.717) is 16.1 Å². The van der Waals surface area contributed by atoms with Crippen LogP contribution in [0.2, 0.25) is 0 Å². The maximum Gasteiger partial charge on any atom is 0.263 e. The van der Waals surface area contributed by atoms with Gasteiger partial charge in [0.25, 0.3) is 5.56 Å². The Morgan fingerprint density at radius 1 is 1.44 bits per heavy atom. The number of fused-ring (bicyclic) bond motifs is 1. The Hall–Kier alpha value is -1.99. The Morgan fingerprint density at radius 2 is 2.24 bits per heavy atom. The number of amides is 1. The van der Waals surface area contributed by atoms with Gasteiger partial charge < -0.3 is 5.32 Å². The second kappa shape index (κ2) is 6.38. The number of rotatable bonds is 5. The number of hydrogen-bond acceptors (Lipinski definition) is 5. The fourth-order valence-electron chi connectivity index (χ4n) is 3.01. The molecule has 5 nitrogen and oxygen atoms in total. The van der Waals surface area contributed by atoms with Crippen LogP contribution in [0, 0.1) is 12.8 Å². The number of nitrogens with one attached hydrogen (secondary N) is 1. The number of aryl methyl sites for hydroxylation is 1. The molecule has 0 aliphatic heterocycles. The third-order valence-corrected chi connectivity index (χ3v) is 6.52. The molecular formula is C18H19N3O2S2. The molecule has 0 radical (unpaired) electrons. The highest BCUT2D eigenvalue weighted by Crippen LogP contribution is 2.35. The van der Waals surface area contributed by atoms with Gasteiger partial charge in [-0.3, -0.25) is 14.2 Å². The third kappa shape index (κ3) is 3.26. The summed E-state index contributed by atoms with van der Waals surface area (Å²) >= 11 is 3.12. The number of carbonyl (C=O) groups is 1. The molecule has 3 aromatic rings. The molecule has 0 unspecified atom stereocenters. The molecule has 0 bridgehead atoms. The van der Waals surface area contributed by atoms with Crippen molar-refractivity contribution in [3.05, 3.63) is 39.1 Å². The van der Waals surface area contributed by atoms with Crippen LogP contribution in [0.5, 0.6) is 0 Å². The minimum absolute atomic E-state index is 0.0115. The van der Waals surface area contributed by atoms with Gasteiger partial charge in [-0.25, -0.2) is 4.98 Å². The average Bonchev–Trinajstić information content (AvgIpc) is 3.20. The zero-order valence-corrected chi connectivity index (χ0v) is 15.7. The number of thiophene rings is 2. The smallest absolute Gasteiger partial charge is 0.263 e. The molecule has 3 aromatic heterocycles. The molecule has 0 spiro atoms. The first-order valence-electron chi connectivity index (χ1n) is 8.35. The fraction of sp³-hybridized carbons (Fsp3) is 0.389. The molecule has 1 amide bonds. The van der Waals surface area contributed by atoms with E-state index in [0.717, 1.165) is 10.4 Å².